The lowest BCUT2D eigenvalue weighted by Crippen LogP contribution is -2.43. The highest BCUT2D eigenvalue weighted by Gasteiger charge is 2.30. The number of amides is 1. The normalized spacial score (nSPS) is 26.4. The van der Waals surface area contributed by atoms with Gasteiger partial charge in [0.05, 0.1) is 39.9 Å². The minimum atomic E-state index is -0.579. The van der Waals surface area contributed by atoms with Gasteiger partial charge < -0.3 is 24.2 Å². The topological polar surface area (TPSA) is 68.2 Å². The number of hydrogen-bond acceptors (Lipinski definition) is 5. The van der Waals surface area contributed by atoms with Gasteiger partial charge in [0.1, 0.15) is 5.60 Å². The number of aliphatic hydroxyl groups is 1. The summed E-state index contributed by atoms with van der Waals surface area (Å²) in [4.78, 5) is 13.5. The van der Waals surface area contributed by atoms with Crippen LogP contribution in [0, 0.1) is 0 Å². The molecule has 1 aliphatic rings. The fourth-order valence-corrected chi connectivity index (χ4v) is 1.60. The first-order chi connectivity index (χ1) is 8.85. The van der Waals surface area contributed by atoms with Crippen molar-refractivity contribution in [3.05, 3.63) is 0 Å². The maximum atomic E-state index is 12.0. The number of hydrogen-bond donors (Lipinski definition) is 1. The van der Waals surface area contributed by atoms with Gasteiger partial charge in [-0.2, -0.15) is 0 Å². The van der Waals surface area contributed by atoms with Crippen molar-refractivity contribution in [2.24, 2.45) is 0 Å². The van der Waals surface area contributed by atoms with Gasteiger partial charge in [0.2, 0.25) is 0 Å². The minimum absolute atomic E-state index is 0.174. The van der Waals surface area contributed by atoms with Crippen LogP contribution in [0.25, 0.3) is 0 Å². The van der Waals surface area contributed by atoms with Crippen molar-refractivity contribution in [2.75, 3.05) is 33.4 Å². The Bertz CT molecular complexity index is 294. The zero-order valence-electron chi connectivity index (χ0n) is 12.2. The predicted molar refractivity (Wildman–Crippen MR) is 65.4 cm³/mol. The molecule has 1 saturated heterocycles. The van der Waals surface area contributed by atoms with Gasteiger partial charge in [0.15, 0.2) is 0 Å². The number of aliphatic hydroxyl groups excluding tert-OH is 1. The van der Waals surface area contributed by atoms with Crippen molar-refractivity contribution in [3.63, 3.8) is 0 Å². The lowest BCUT2D eigenvalue weighted by atomic mass is 10.2. The van der Waals surface area contributed by atoms with Gasteiger partial charge in [-0.1, -0.05) is 0 Å². The number of nitrogens with zero attached hydrogens (tertiary/aromatic N) is 1. The zero-order valence-corrected chi connectivity index (χ0v) is 11.2. The molecule has 1 amide bonds. The summed E-state index contributed by atoms with van der Waals surface area (Å²) in [5.74, 6) is 0. The summed E-state index contributed by atoms with van der Waals surface area (Å²) in [6, 6.07) is 0. The van der Waals surface area contributed by atoms with Crippen molar-refractivity contribution in [3.8, 4) is 0 Å². The lowest BCUT2D eigenvalue weighted by molar-refractivity contribution is -0.0243. The summed E-state index contributed by atoms with van der Waals surface area (Å²) in [5.41, 5.74) is -0.579. The molecule has 1 N–H and O–H groups in total. The smallest absolute Gasteiger partial charge is 0.410 e. The average molecular weight is 262 g/mol. The Labute approximate surface area is 109 Å². The van der Waals surface area contributed by atoms with Crippen LogP contribution in [0.4, 0.5) is 4.79 Å². The molecule has 0 unspecified atom stereocenters. The number of carbonyl (C=O) groups excluding carboxylic acids is 1. The van der Waals surface area contributed by atoms with Gasteiger partial charge in [-0.25, -0.2) is 4.79 Å². The van der Waals surface area contributed by atoms with Crippen LogP contribution < -0.4 is 0 Å². The number of carbonyl (C=O) groups is 1. The van der Waals surface area contributed by atoms with Gasteiger partial charge in [-0.05, 0) is 20.8 Å². The molecule has 6 heteroatoms. The Kier molecular flexibility index (Phi) is 4.79. The Balaban J connectivity index is 2.68. The maximum absolute atomic E-state index is 12.0. The second-order valence-electron chi connectivity index (χ2n) is 5.31. The summed E-state index contributed by atoms with van der Waals surface area (Å²) in [6.07, 6.45) is -1.29. The van der Waals surface area contributed by atoms with Gasteiger partial charge in [-0.15, -0.1) is 0 Å². The fraction of sp³-hybridized carbons (Fsp3) is 0.917. The van der Waals surface area contributed by atoms with E-state index in [4.69, 9.17) is 15.6 Å². The molecular formula is C12H23NO5. The highest BCUT2D eigenvalue weighted by molar-refractivity contribution is 5.68. The maximum Gasteiger partial charge on any atom is 0.410 e. The molecule has 18 heavy (non-hydrogen) atoms. The van der Waals surface area contributed by atoms with Crippen LogP contribution in [-0.2, 0) is 14.2 Å². The van der Waals surface area contributed by atoms with E-state index in [-0.39, 0.29) is 32.9 Å². The summed E-state index contributed by atoms with van der Waals surface area (Å²) in [6.45, 7) is 6.01. The molecule has 0 saturated carbocycles. The first kappa shape index (κ1) is 13.6. The Morgan fingerprint density at radius 3 is 2.83 bits per heavy atom. The second-order valence-corrected chi connectivity index (χ2v) is 5.31. The number of methoxy groups -OCH3 is 1. The molecule has 0 aromatic rings. The summed E-state index contributed by atoms with van der Waals surface area (Å²) >= 11 is 0. The largest absolute Gasteiger partial charge is 0.444 e. The van der Waals surface area contributed by atoms with E-state index >= 15 is 0 Å². The second kappa shape index (κ2) is 6.36. The molecule has 1 heterocycles. The molecule has 0 aromatic carbocycles. The molecule has 0 aliphatic carbocycles. The molecular weight excluding hydrogens is 238 g/mol. The predicted octanol–water partition coefficient (Wildman–Crippen LogP) is 0.630. The lowest BCUT2D eigenvalue weighted by Gasteiger charge is -2.28. The third-order valence-corrected chi connectivity index (χ3v) is 2.46. The summed E-state index contributed by atoms with van der Waals surface area (Å²) < 4.78 is 23.0. The Hall–Kier alpha value is -0.850. The molecule has 0 spiro atoms. The van der Waals surface area contributed by atoms with E-state index < -0.39 is 17.8 Å². The molecule has 0 radical (unpaired) electrons. The molecule has 2 atom stereocenters. The monoisotopic (exact) mass is 262 g/mol. The first-order valence-electron chi connectivity index (χ1n) is 6.67. The number of ether oxygens (including phenoxy) is 3. The first-order valence-corrected chi connectivity index (χ1v) is 5.97. The van der Waals surface area contributed by atoms with Crippen LogP contribution in [0.2, 0.25) is 0 Å². The van der Waals surface area contributed by atoms with Gasteiger partial charge >= 0.3 is 6.09 Å². The van der Waals surface area contributed by atoms with Gasteiger partial charge in [0, 0.05) is 7.09 Å². The molecule has 1 aliphatic heterocycles. The van der Waals surface area contributed by atoms with Crippen LogP contribution in [0.3, 0.4) is 0 Å². The third kappa shape index (κ3) is 4.80. The molecule has 0 bridgehead atoms. The van der Waals surface area contributed by atoms with Crippen molar-refractivity contribution >= 4 is 6.09 Å². The van der Waals surface area contributed by atoms with E-state index in [1.54, 1.807) is 20.8 Å². The standard InChI is InChI=1S/C12H23NO5/c1-12(2,3)18-11(15)13-5-9(7-14)17-8-10(6-13)16-4/h9-10,14H,5-8H2,1-4H3/t9-,10+/m0/s1/i4D. The van der Waals surface area contributed by atoms with Gasteiger partial charge in [-0.3, -0.25) is 0 Å². The molecule has 106 valence electrons. The van der Waals surface area contributed by atoms with Crippen LogP contribution in [-0.4, -0.2) is 67.3 Å². The third-order valence-electron chi connectivity index (χ3n) is 2.46. The minimum Gasteiger partial charge on any atom is -0.444 e. The molecule has 0 aromatic heterocycles. The van der Waals surface area contributed by atoms with E-state index in [9.17, 15) is 9.90 Å². The van der Waals surface area contributed by atoms with Crippen LogP contribution in [0.15, 0.2) is 0 Å². The van der Waals surface area contributed by atoms with Crippen LogP contribution in [0.1, 0.15) is 22.1 Å². The van der Waals surface area contributed by atoms with E-state index in [1.807, 2.05) is 0 Å². The van der Waals surface area contributed by atoms with E-state index in [2.05, 4.69) is 0 Å². The highest BCUT2D eigenvalue weighted by atomic mass is 16.6. The van der Waals surface area contributed by atoms with Crippen LogP contribution in [0.5, 0.6) is 0 Å². The van der Waals surface area contributed by atoms with Crippen molar-refractivity contribution < 1.29 is 25.5 Å². The Morgan fingerprint density at radius 2 is 2.28 bits per heavy atom. The SMILES string of the molecule is [2H]CO[C@H]1CO[C@H](CO)CN(C(=O)OC(C)(C)C)C1. The van der Waals surface area contributed by atoms with Crippen molar-refractivity contribution in [2.45, 2.75) is 38.6 Å². The summed E-state index contributed by atoms with van der Waals surface area (Å²) in [5, 5.41) is 9.18. The van der Waals surface area contributed by atoms with Crippen molar-refractivity contribution in [1.82, 2.24) is 4.90 Å². The van der Waals surface area contributed by atoms with Gasteiger partial charge in [0.25, 0.3) is 0 Å². The van der Waals surface area contributed by atoms with E-state index in [0.29, 0.717) is 6.54 Å². The fourth-order valence-electron chi connectivity index (χ4n) is 1.60. The average Bonchev–Trinajstić information content (AvgIpc) is 2.50. The number of rotatable bonds is 2. The Morgan fingerprint density at radius 1 is 1.56 bits per heavy atom. The zero-order chi connectivity index (χ0) is 14.5. The molecule has 1 rings (SSSR count). The van der Waals surface area contributed by atoms with Crippen molar-refractivity contribution in [1.29, 1.82) is 0 Å². The highest BCUT2D eigenvalue weighted by Crippen LogP contribution is 2.14. The van der Waals surface area contributed by atoms with Crippen LogP contribution >= 0.6 is 0 Å². The van der Waals surface area contributed by atoms with E-state index in [1.165, 1.54) is 4.90 Å². The quantitative estimate of drug-likeness (QED) is 0.790. The van der Waals surface area contributed by atoms with E-state index in [0.717, 1.165) is 0 Å². The summed E-state index contributed by atoms with van der Waals surface area (Å²) in [7, 11) is -0.194. The molecule has 1 fully saturated rings. The molecule has 6 nitrogen and oxygen atoms in total.